The number of anilines is 1. The molecule has 138 valence electrons. The highest BCUT2D eigenvalue weighted by Crippen LogP contribution is 2.41. The van der Waals surface area contributed by atoms with Gasteiger partial charge < -0.3 is 18.8 Å². The van der Waals surface area contributed by atoms with Crippen molar-refractivity contribution in [3.63, 3.8) is 0 Å². The van der Waals surface area contributed by atoms with Crippen molar-refractivity contribution in [1.29, 1.82) is 0 Å². The summed E-state index contributed by atoms with van der Waals surface area (Å²) >= 11 is 0. The van der Waals surface area contributed by atoms with Crippen LogP contribution in [0.3, 0.4) is 0 Å². The lowest BCUT2D eigenvalue weighted by molar-refractivity contribution is 0.356. The van der Waals surface area contributed by atoms with E-state index in [4.69, 9.17) is 13.9 Å². The summed E-state index contributed by atoms with van der Waals surface area (Å²) in [6.07, 6.45) is 3.61. The Balaban J connectivity index is 2.00. The zero-order chi connectivity index (χ0) is 19.0. The van der Waals surface area contributed by atoms with Crippen LogP contribution < -0.4 is 14.4 Å². The summed E-state index contributed by atoms with van der Waals surface area (Å²) in [5.41, 5.74) is 2.85. The molecule has 0 unspecified atom stereocenters. The first-order chi connectivity index (χ1) is 13.2. The molecule has 0 radical (unpaired) electrons. The molecule has 2 aromatic carbocycles. The van der Waals surface area contributed by atoms with E-state index in [9.17, 15) is 0 Å². The Bertz CT molecular complexity index is 1100. The van der Waals surface area contributed by atoms with Crippen molar-refractivity contribution in [2.24, 2.45) is 0 Å². The molecule has 0 aliphatic heterocycles. The second-order valence-electron chi connectivity index (χ2n) is 6.44. The Labute approximate surface area is 158 Å². The van der Waals surface area contributed by atoms with Crippen molar-refractivity contribution in [1.82, 2.24) is 4.98 Å². The Hall–Kier alpha value is -3.21. The van der Waals surface area contributed by atoms with E-state index in [1.807, 2.05) is 37.5 Å². The fourth-order valence-electron chi connectivity index (χ4n) is 3.36. The molecule has 0 aliphatic rings. The summed E-state index contributed by atoms with van der Waals surface area (Å²) < 4.78 is 16.8. The van der Waals surface area contributed by atoms with E-state index in [1.165, 1.54) is 0 Å². The maximum Gasteiger partial charge on any atom is 0.161 e. The van der Waals surface area contributed by atoms with Crippen LogP contribution in [0.2, 0.25) is 0 Å². The van der Waals surface area contributed by atoms with Crippen LogP contribution in [-0.2, 0) is 0 Å². The molecule has 4 aromatic rings. The van der Waals surface area contributed by atoms with Crippen LogP contribution in [0.1, 0.15) is 6.92 Å². The average Bonchev–Trinajstić information content (AvgIpc) is 3.18. The largest absolute Gasteiger partial charge is 0.493 e. The quantitative estimate of drug-likeness (QED) is 0.493. The van der Waals surface area contributed by atoms with E-state index in [0.29, 0.717) is 11.5 Å². The third-order valence-corrected chi connectivity index (χ3v) is 4.96. The number of aromatic nitrogens is 1. The molecule has 0 atom stereocenters. The predicted molar refractivity (Wildman–Crippen MR) is 109 cm³/mol. The number of fused-ring (bicyclic) bond motifs is 2. The monoisotopic (exact) mass is 362 g/mol. The van der Waals surface area contributed by atoms with E-state index in [2.05, 4.69) is 28.9 Å². The van der Waals surface area contributed by atoms with Crippen LogP contribution in [0.15, 0.2) is 53.3 Å². The number of ether oxygens (including phenoxy) is 2. The SMILES string of the molecule is CCN(C)c1ccc(-c2c3cc(OC)c(OC)cc3cc3ccoc23)cn1. The summed E-state index contributed by atoms with van der Waals surface area (Å²) in [6, 6.07) is 12.2. The Morgan fingerprint density at radius 2 is 1.78 bits per heavy atom. The molecule has 0 aliphatic carbocycles. The van der Waals surface area contributed by atoms with Crippen molar-refractivity contribution < 1.29 is 13.9 Å². The Kier molecular flexibility index (Phi) is 4.36. The first kappa shape index (κ1) is 17.2. The first-order valence-electron chi connectivity index (χ1n) is 8.89. The van der Waals surface area contributed by atoms with Gasteiger partial charge in [0.25, 0.3) is 0 Å². The van der Waals surface area contributed by atoms with E-state index in [-0.39, 0.29) is 0 Å². The number of rotatable bonds is 5. The van der Waals surface area contributed by atoms with Crippen molar-refractivity contribution in [2.75, 3.05) is 32.7 Å². The van der Waals surface area contributed by atoms with Crippen LogP contribution in [0, 0.1) is 0 Å². The fourth-order valence-corrected chi connectivity index (χ4v) is 3.36. The molecule has 0 saturated heterocycles. The van der Waals surface area contributed by atoms with Gasteiger partial charge >= 0.3 is 0 Å². The Morgan fingerprint density at radius 3 is 2.44 bits per heavy atom. The molecule has 5 nitrogen and oxygen atoms in total. The first-order valence-corrected chi connectivity index (χ1v) is 8.89. The van der Waals surface area contributed by atoms with Gasteiger partial charge in [-0.3, -0.25) is 0 Å². The summed E-state index contributed by atoms with van der Waals surface area (Å²) in [5, 5.41) is 3.14. The number of benzene rings is 2. The number of nitrogens with zero attached hydrogens (tertiary/aromatic N) is 2. The number of methoxy groups -OCH3 is 2. The molecular weight excluding hydrogens is 340 g/mol. The lowest BCUT2D eigenvalue weighted by Crippen LogP contribution is -2.16. The highest BCUT2D eigenvalue weighted by atomic mass is 16.5. The van der Waals surface area contributed by atoms with Gasteiger partial charge in [0.1, 0.15) is 11.4 Å². The summed E-state index contributed by atoms with van der Waals surface area (Å²) in [7, 11) is 5.32. The molecule has 4 rings (SSSR count). The highest BCUT2D eigenvalue weighted by Gasteiger charge is 2.16. The van der Waals surface area contributed by atoms with Gasteiger partial charge in [0.15, 0.2) is 11.5 Å². The summed E-state index contributed by atoms with van der Waals surface area (Å²) in [6.45, 7) is 3.01. The normalized spacial score (nSPS) is 11.1. The molecule has 2 aromatic heterocycles. The fraction of sp³-hybridized carbons (Fsp3) is 0.227. The summed E-state index contributed by atoms with van der Waals surface area (Å²) in [5.74, 6) is 2.33. The molecule has 27 heavy (non-hydrogen) atoms. The van der Waals surface area contributed by atoms with Crippen LogP contribution in [0.25, 0.3) is 32.9 Å². The highest BCUT2D eigenvalue weighted by molar-refractivity contribution is 6.11. The van der Waals surface area contributed by atoms with E-state index < -0.39 is 0 Å². The second kappa shape index (κ2) is 6.83. The molecule has 0 N–H and O–H groups in total. The molecule has 0 amide bonds. The zero-order valence-electron chi connectivity index (χ0n) is 15.9. The van der Waals surface area contributed by atoms with Gasteiger partial charge in [0, 0.05) is 36.3 Å². The van der Waals surface area contributed by atoms with Gasteiger partial charge in [-0.1, -0.05) is 0 Å². The van der Waals surface area contributed by atoms with Gasteiger partial charge in [-0.25, -0.2) is 4.98 Å². The maximum atomic E-state index is 5.83. The summed E-state index contributed by atoms with van der Waals surface area (Å²) in [4.78, 5) is 6.73. The van der Waals surface area contributed by atoms with Gasteiger partial charge in [0.05, 0.1) is 20.5 Å². The minimum Gasteiger partial charge on any atom is -0.493 e. The number of hydrogen-bond donors (Lipinski definition) is 0. The molecule has 0 fully saturated rings. The Morgan fingerprint density at radius 1 is 1.00 bits per heavy atom. The molecule has 0 bridgehead atoms. The maximum absolute atomic E-state index is 5.83. The van der Waals surface area contributed by atoms with Gasteiger partial charge in [0.2, 0.25) is 0 Å². The van der Waals surface area contributed by atoms with Crippen LogP contribution in [-0.4, -0.2) is 32.8 Å². The van der Waals surface area contributed by atoms with Crippen molar-refractivity contribution in [3.05, 3.63) is 48.9 Å². The van der Waals surface area contributed by atoms with E-state index in [0.717, 1.165) is 45.2 Å². The van der Waals surface area contributed by atoms with Gasteiger partial charge in [-0.05, 0) is 54.1 Å². The topological polar surface area (TPSA) is 47.7 Å². The van der Waals surface area contributed by atoms with E-state index >= 15 is 0 Å². The lowest BCUT2D eigenvalue weighted by atomic mass is 9.96. The number of furan rings is 1. The van der Waals surface area contributed by atoms with Crippen LogP contribution >= 0.6 is 0 Å². The average molecular weight is 362 g/mol. The smallest absolute Gasteiger partial charge is 0.161 e. The molecule has 2 heterocycles. The van der Waals surface area contributed by atoms with Crippen molar-refractivity contribution in [2.45, 2.75) is 6.92 Å². The molecule has 0 saturated carbocycles. The third-order valence-electron chi connectivity index (χ3n) is 4.96. The lowest BCUT2D eigenvalue weighted by Gasteiger charge is -2.16. The predicted octanol–water partition coefficient (Wildman–Crippen LogP) is 5.12. The van der Waals surface area contributed by atoms with E-state index in [1.54, 1.807) is 20.5 Å². The van der Waals surface area contributed by atoms with Crippen molar-refractivity contribution >= 4 is 27.6 Å². The van der Waals surface area contributed by atoms with Gasteiger partial charge in [-0.15, -0.1) is 0 Å². The van der Waals surface area contributed by atoms with Crippen molar-refractivity contribution in [3.8, 4) is 22.6 Å². The second-order valence-corrected chi connectivity index (χ2v) is 6.44. The number of pyridine rings is 1. The standard InChI is InChI=1S/C22H22N2O3/c1-5-24(2)20-7-6-15(13-23-20)21-17-12-19(26-4)18(25-3)11-16(17)10-14-8-9-27-22(14)21/h6-13H,5H2,1-4H3. The van der Waals surface area contributed by atoms with Crippen LogP contribution in [0.4, 0.5) is 5.82 Å². The number of hydrogen-bond acceptors (Lipinski definition) is 5. The zero-order valence-corrected chi connectivity index (χ0v) is 15.9. The third kappa shape index (κ3) is 2.85. The minimum absolute atomic E-state index is 0.687. The van der Waals surface area contributed by atoms with Crippen LogP contribution in [0.5, 0.6) is 11.5 Å². The van der Waals surface area contributed by atoms with Gasteiger partial charge in [-0.2, -0.15) is 0 Å². The molecule has 5 heteroatoms. The minimum atomic E-state index is 0.687. The molecule has 0 spiro atoms. The molecular formula is C22H22N2O3.